The summed E-state index contributed by atoms with van der Waals surface area (Å²) in [5.41, 5.74) is 0.468. The second-order valence-electron chi connectivity index (χ2n) is 5.74. The highest BCUT2D eigenvalue weighted by Crippen LogP contribution is 2.26. The summed E-state index contributed by atoms with van der Waals surface area (Å²) in [5, 5.41) is 9.22. The summed E-state index contributed by atoms with van der Waals surface area (Å²) in [5.74, 6) is -1.22. The van der Waals surface area contributed by atoms with Gasteiger partial charge in [-0.15, -0.1) is 24.9 Å². The zero-order valence-corrected chi connectivity index (χ0v) is 16.8. The maximum Gasteiger partial charge on any atom is 0.573 e. The van der Waals surface area contributed by atoms with E-state index in [0.717, 1.165) is 6.07 Å². The van der Waals surface area contributed by atoms with Crippen LogP contribution in [0.2, 0.25) is 0 Å². The summed E-state index contributed by atoms with van der Waals surface area (Å²) in [6.45, 7) is 1.82. The molecule has 0 atom stereocenters. The molecule has 0 unspecified atom stereocenters. The molecule has 0 saturated heterocycles. The first-order chi connectivity index (χ1) is 13.5. The summed E-state index contributed by atoms with van der Waals surface area (Å²) in [7, 11) is -3.89. The molecule has 0 aliphatic carbocycles. The van der Waals surface area contributed by atoms with Crippen molar-refractivity contribution in [3.8, 4) is 5.75 Å². The number of halogens is 3. The molecule has 2 N–H and O–H groups in total. The number of carbonyl (C=O) groups is 1. The highest BCUT2D eigenvalue weighted by atomic mass is 32.2. The van der Waals surface area contributed by atoms with Gasteiger partial charge in [0.25, 0.3) is 0 Å². The number of nitrogens with one attached hydrogen (secondary N) is 1. The van der Waals surface area contributed by atoms with Gasteiger partial charge in [-0.05, 0) is 48.4 Å². The first-order valence-electron chi connectivity index (χ1n) is 8.36. The third-order valence-corrected chi connectivity index (χ3v) is 6.20. The largest absolute Gasteiger partial charge is 0.573 e. The molecule has 11 heteroatoms. The monoisotopic (exact) mass is 451 g/mol. The lowest BCUT2D eigenvalue weighted by Gasteiger charge is -2.10. The Bertz CT molecular complexity index is 967. The maximum atomic E-state index is 12.4. The predicted octanol–water partition coefficient (Wildman–Crippen LogP) is 4.16. The van der Waals surface area contributed by atoms with Crippen LogP contribution in [-0.4, -0.2) is 38.2 Å². The van der Waals surface area contributed by atoms with Gasteiger partial charge in [-0.3, -0.25) is 0 Å². The van der Waals surface area contributed by atoms with Crippen LogP contribution in [0, 0.1) is 0 Å². The molecular formula is C18H20F3NO5S2. The fourth-order valence-electron chi connectivity index (χ4n) is 2.40. The van der Waals surface area contributed by atoms with Crippen molar-refractivity contribution in [3.63, 3.8) is 0 Å². The number of aryl methyl sites for hydroxylation is 1. The molecule has 0 radical (unpaired) electrons. The lowest BCUT2D eigenvalue weighted by molar-refractivity contribution is -0.274. The van der Waals surface area contributed by atoms with Gasteiger partial charge < -0.3 is 9.84 Å². The second-order valence-corrected chi connectivity index (χ2v) is 8.68. The molecule has 0 heterocycles. The minimum atomic E-state index is -4.76. The molecule has 0 aliphatic rings. The molecule has 2 aromatic rings. The van der Waals surface area contributed by atoms with E-state index in [2.05, 4.69) is 9.46 Å². The average molecular weight is 451 g/mol. The highest BCUT2D eigenvalue weighted by molar-refractivity contribution is 7.99. The Kier molecular flexibility index (Phi) is 7.55. The molecule has 29 heavy (non-hydrogen) atoms. The topological polar surface area (TPSA) is 92.7 Å². The Morgan fingerprint density at radius 1 is 1.21 bits per heavy atom. The number of hydrogen-bond acceptors (Lipinski definition) is 5. The molecule has 2 rings (SSSR count). The number of benzene rings is 2. The number of thioether (sulfide) groups is 1. The second kappa shape index (κ2) is 9.51. The van der Waals surface area contributed by atoms with E-state index in [0.29, 0.717) is 22.6 Å². The van der Waals surface area contributed by atoms with Crippen LogP contribution in [0.5, 0.6) is 5.75 Å². The smallest absolute Gasteiger partial charge is 0.478 e. The van der Waals surface area contributed by atoms with Crippen molar-refractivity contribution in [2.75, 3.05) is 12.3 Å². The molecule has 0 saturated carbocycles. The summed E-state index contributed by atoms with van der Waals surface area (Å²) in [4.78, 5) is 11.8. The zero-order valence-electron chi connectivity index (χ0n) is 15.2. The van der Waals surface area contributed by atoms with Crippen LogP contribution >= 0.6 is 11.8 Å². The van der Waals surface area contributed by atoms with Gasteiger partial charge in [0, 0.05) is 18.6 Å². The summed E-state index contributed by atoms with van der Waals surface area (Å²) >= 11 is 1.24. The van der Waals surface area contributed by atoms with E-state index in [9.17, 15) is 31.5 Å². The van der Waals surface area contributed by atoms with Gasteiger partial charge in [0.15, 0.2) is 0 Å². The van der Waals surface area contributed by atoms with E-state index >= 15 is 0 Å². The molecule has 2 aromatic carbocycles. The van der Waals surface area contributed by atoms with E-state index < -0.39 is 22.4 Å². The van der Waals surface area contributed by atoms with Crippen LogP contribution < -0.4 is 9.46 Å². The number of sulfonamides is 1. The van der Waals surface area contributed by atoms with E-state index in [-0.39, 0.29) is 24.2 Å². The fraction of sp³-hybridized carbons (Fsp3) is 0.278. The van der Waals surface area contributed by atoms with Crippen molar-refractivity contribution < 1.29 is 37.7 Å². The minimum Gasteiger partial charge on any atom is -0.478 e. The van der Waals surface area contributed by atoms with Crippen LogP contribution in [0.1, 0.15) is 24.3 Å². The van der Waals surface area contributed by atoms with Gasteiger partial charge in [-0.25, -0.2) is 17.9 Å². The van der Waals surface area contributed by atoms with Crippen LogP contribution in [-0.2, 0) is 16.4 Å². The highest BCUT2D eigenvalue weighted by Gasteiger charge is 2.30. The number of aromatic carboxylic acids is 1. The zero-order chi connectivity index (χ0) is 21.7. The standard InChI is InChI=1S/C18H18F3NO5S2.H2/c1-2-12-3-8-15(11-16(12)17(23)24)29(25,26)22-9-10-28-14-6-4-13(5-7-14)27-18(19,20)21;/h3-8,11,22H,2,9-10H2,1H3,(H,23,24);1H. The fourth-order valence-corrected chi connectivity index (χ4v) is 4.35. The Morgan fingerprint density at radius 2 is 1.86 bits per heavy atom. The molecule has 0 bridgehead atoms. The van der Waals surface area contributed by atoms with E-state index in [1.54, 1.807) is 6.92 Å². The number of rotatable bonds is 9. The summed E-state index contributed by atoms with van der Waals surface area (Å²) < 4.78 is 67.3. The molecule has 0 aromatic heterocycles. The van der Waals surface area contributed by atoms with Crippen molar-refractivity contribution in [1.29, 1.82) is 0 Å². The van der Waals surface area contributed by atoms with Crippen molar-refractivity contribution >= 4 is 27.8 Å². The van der Waals surface area contributed by atoms with Gasteiger partial charge in [0.05, 0.1) is 10.5 Å². The molecule has 0 aliphatic heterocycles. The molecule has 0 fully saturated rings. The number of alkyl halides is 3. The average Bonchev–Trinajstić information content (AvgIpc) is 2.64. The van der Waals surface area contributed by atoms with E-state index in [1.807, 2.05) is 0 Å². The first-order valence-corrected chi connectivity index (χ1v) is 10.8. The van der Waals surface area contributed by atoms with E-state index in [1.165, 1.54) is 48.2 Å². The van der Waals surface area contributed by atoms with Gasteiger partial charge in [0.2, 0.25) is 10.0 Å². The Morgan fingerprint density at radius 3 is 2.41 bits per heavy atom. The Balaban J connectivity index is 0.00000450. The van der Waals surface area contributed by atoms with Gasteiger partial charge >= 0.3 is 12.3 Å². The van der Waals surface area contributed by atoms with Gasteiger partial charge in [0.1, 0.15) is 5.75 Å². The molecule has 0 amide bonds. The van der Waals surface area contributed by atoms with Crippen LogP contribution in [0.15, 0.2) is 52.3 Å². The maximum absolute atomic E-state index is 12.4. The minimum absolute atomic E-state index is 0. The van der Waals surface area contributed by atoms with Crippen molar-refractivity contribution in [2.24, 2.45) is 0 Å². The number of carboxylic acid groups (broad SMARTS) is 1. The van der Waals surface area contributed by atoms with Crippen LogP contribution in [0.25, 0.3) is 0 Å². The number of carboxylic acids is 1. The van der Waals surface area contributed by atoms with Crippen molar-refractivity contribution in [3.05, 3.63) is 53.6 Å². The quantitative estimate of drug-likeness (QED) is 0.439. The lowest BCUT2D eigenvalue weighted by Crippen LogP contribution is -2.26. The predicted molar refractivity (Wildman–Crippen MR) is 104 cm³/mol. The first kappa shape index (κ1) is 23.0. The van der Waals surface area contributed by atoms with Crippen LogP contribution in [0.4, 0.5) is 13.2 Å². The third kappa shape index (κ3) is 6.94. The Hall–Kier alpha value is -2.24. The molecule has 0 spiro atoms. The summed E-state index contributed by atoms with van der Waals surface area (Å²) in [6.07, 6.45) is -4.30. The van der Waals surface area contributed by atoms with Gasteiger partial charge in [-0.1, -0.05) is 13.0 Å². The number of hydrogen-bond donors (Lipinski definition) is 2. The van der Waals surface area contributed by atoms with E-state index in [4.69, 9.17) is 0 Å². The normalized spacial score (nSPS) is 12.0. The molecule has 6 nitrogen and oxygen atoms in total. The Labute approximate surface area is 171 Å². The molecular weight excluding hydrogens is 431 g/mol. The number of ether oxygens (including phenoxy) is 1. The molecule has 160 valence electrons. The lowest BCUT2D eigenvalue weighted by atomic mass is 10.1. The SMILES string of the molecule is CCc1ccc(S(=O)(=O)NCCSc2ccc(OC(F)(F)F)cc2)cc1C(=O)O.[HH]. The van der Waals surface area contributed by atoms with Crippen molar-refractivity contribution in [2.45, 2.75) is 29.5 Å². The van der Waals surface area contributed by atoms with Gasteiger partial charge in [-0.2, -0.15) is 0 Å². The van der Waals surface area contributed by atoms with Crippen LogP contribution in [0.3, 0.4) is 0 Å². The summed E-state index contributed by atoms with van der Waals surface area (Å²) in [6, 6.07) is 9.14. The third-order valence-electron chi connectivity index (χ3n) is 3.72. The van der Waals surface area contributed by atoms with Crippen molar-refractivity contribution in [1.82, 2.24) is 4.72 Å².